The molecular formula is C15H22N2O5S. The molecule has 1 aromatic rings. The lowest BCUT2D eigenvalue weighted by Gasteiger charge is -2.16. The summed E-state index contributed by atoms with van der Waals surface area (Å²) >= 11 is 0. The molecule has 0 aromatic heterocycles. The number of benzene rings is 1. The van der Waals surface area contributed by atoms with Crippen LogP contribution >= 0.6 is 0 Å². The summed E-state index contributed by atoms with van der Waals surface area (Å²) in [5, 5.41) is 11.6. The molecule has 1 unspecified atom stereocenters. The predicted octanol–water partition coefficient (Wildman–Crippen LogP) is 1.17. The Kier molecular flexibility index (Phi) is 6.28. The Morgan fingerprint density at radius 2 is 1.70 bits per heavy atom. The van der Waals surface area contributed by atoms with Gasteiger partial charge in [-0.3, -0.25) is 4.79 Å². The minimum absolute atomic E-state index is 0.0658. The molecule has 1 rings (SSSR count). The van der Waals surface area contributed by atoms with Crippen molar-refractivity contribution in [3.63, 3.8) is 0 Å². The lowest BCUT2D eigenvalue weighted by atomic mass is 10.0. The number of aliphatic carboxylic acids is 1. The normalized spacial score (nSPS) is 13.1. The zero-order valence-corrected chi connectivity index (χ0v) is 14.4. The third-order valence-electron chi connectivity index (χ3n) is 3.21. The second kappa shape index (κ2) is 7.56. The van der Waals surface area contributed by atoms with Gasteiger partial charge in [-0.05, 0) is 36.6 Å². The van der Waals surface area contributed by atoms with Gasteiger partial charge in [-0.2, -0.15) is 0 Å². The highest BCUT2D eigenvalue weighted by Gasteiger charge is 2.22. The van der Waals surface area contributed by atoms with Gasteiger partial charge < -0.3 is 10.4 Å². The lowest BCUT2D eigenvalue weighted by molar-refractivity contribution is -0.139. The van der Waals surface area contributed by atoms with Crippen molar-refractivity contribution in [3.8, 4) is 0 Å². The minimum atomic E-state index is -3.56. The molecule has 7 nitrogen and oxygen atoms in total. The summed E-state index contributed by atoms with van der Waals surface area (Å²) in [6.45, 7) is 3.73. The largest absolute Gasteiger partial charge is 0.480 e. The average molecular weight is 342 g/mol. The fourth-order valence-corrected chi connectivity index (χ4v) is 2.83. The first kappa shape index (κ1) is 19.1. The molecule has 0 bridgehead atoms. The van der Waals surface area contributed by atoms with Gasteiger partial charge in [0, 0.05) is 19.7 Å². The van der Waals surface area contributed by atoms with Crippen LogP contribution in [0.3, 0.4) is 0 Å². The van der Waals surface area contributed by atoms with Crippen LogP contribution in [0.15, 0.2) is 29.2 Å². The maximum atomic E-state index is 12.1. The molecular weight excluding hydrogens is 320 g/mol. The fourth-order valence-electron chi connectivity index (χ4n) is 1.92. The Bertz CT molecular complexity index is 666. The van der Waals surface area contributed by atoms with Crippen molar-refractivity contribution in [2.24, 2.45) is 5.92 Å². The van der Waals surface area contributed by atoms with Gasteiger partial charge in [0.1, 0.15) is 6.04 Å². The fraction of sp³-hybridized carbons (Fsp3) is 0.467. The average Bonchev–Trinajstić information content (AvgIpc) is 2.45. The van der Waals surface area contributed by atoms with Gasteiger partial charge in [0.05, 0.1) is 4.90 Å². The summed E-state index contributed by atoms with van der Waals surface area (Å²) in [6, 6.07) is 4.39. The number of carbonyl (C=O) groups is 2. The first-order chi connectivity index (χ1) is 10.6. The second-order valence-corrected chi connectivity index (χ2v) is 7.96. The quantitative estimate of drug-likeness (QED) is 0.774. The summed E-state index contributed by atoms with van der Waals surface area (Å²) in [5.74, 6) is -1.53. The molecule has 0 saturated heterocycles. The van der Waals surface area contributed by atoms with E-state index in [1.54, 1.807) is 0 Å². The highest BCUT2D eigenvalue weighted by atomic mass is 32.2. The van der Waals surface area contributed by atoms with E-state index in [-0.39, 0.29) is 16.4 Å². The summed E-state index contributed by atoms with van der Waals surface area (Å²) in [6.07, 6.45) is 0.314. The molecule has 1 aromatic carbocycles. The summed E-state index contributed by atoms with van der Waals surface area (Å²) in [5.41, 5.74) is 0.206. The van der Waals surface area contributed by atoms with E-state index in [2.05, 4.69) is 5.32 Å². The lowest BCUT2D eigenvalue weighted by Crippen LogP contribution is -2.41. The van der Waals surface area contributed by atoms with E-state index >= 15 is 0 Å². The number of nitrogens with one attached hydrogen (secondary N) is 1. The smallest absolute Gasteiger partial charge is 0.326 e. The Hall–Kier alpha value is -1.93. The number of nitrogens with zero attached hydrogens (tertiary/aromatic N) is 1. The van der Waals surface area contributed by atoms with E-state index in [1.165, 1.54) is 38.4 Å². The highest BCUT2D eigenvalue weighted by molar-refractivity contribution is 7.89. The Morgan fingerprint density at radius 1 is 1.17 bits per heavy atom. The van der Waals surface area contributed by atoms with Gasteiger partial charge in [-0.15, -0.1) is 0 Å². The number of hydrogen-bond donors (Lipinski definition) is 2. The molecule has 128 valence electrons. The minimum Gasteiger partial charge on any atom is -0.480 e. The summed E-state index contributed by atoms with van der Waals surface area (Å²) < 4.78 is 25.0. The zero-order chi connectivity index (χ0) is 17.8. The van der Waals surface area contributed by atoms with Crippen molar-refractivity contribution in [3.05, 3.63) is 29.8 Å². The van der Waals surface area contributed by atoms with Crippen LogP contribution in [0.5, 0.6) is 0 Å². The molecule has 23 heavy (non-hydrogen) atoms. The number of carboxylic acids is 1. The highest BCUT2D eigenvalue weighted by Crippen LogP contribution is 2.14. The second-order valence-electron chi connectivity index (χ2n) is 5.81. The Morgan fingerprint density at radius 3 is 2.09 bits per heavy atom. The number of hydrogen-bond acceptors (Lipinski definition) is 4. The van der Waals surface area contributed by atoms with E-state index in [0.717, 1.165) is 4.31 Å². The molecule has 2 N–H and O–H groups in total. The van der Waals surface area contributed by atoms with Crippen molar-refractivity contribution in [2.75, 3.05) is 14.1 Å². The predicted molar refractivity (Wildman–Crippen MR) is 85.7 cm³/mol. The van der Waals surface area contributed by atoms with Crippen LogP contribution in [0.25, 0.3) is 0 Å². The van der Waals surface area contributed by atoms with Crippen molar-refractivity contribution < 1.29 is 23.1 Å². The molecule has 0 spiro atoms. The molecule has 8 heteroatoms. The first-order valence-corrected chi connectivity index (χ1v) is 8.56. The van der Waals surface area contributed by atoms with E-state index in [1.807, 2.05) is 13.8 Å². The first-order valence-electron chi connectivity index (χ1n) is 7.12. The molecule has 1 atom stereocenters. The van der Waals surface area contributed by atoms with E-state index in [4.69, 9.17) is 5.11 Å². The third kappa shape index (κ3) is 5.04. The summed E-state index contributed by atoms with van der Waals surface area (Å²) in [4.78, 5) is 23.3. The number of carboxylic acid groups (broad SMARTS) is 1. The number of carbonyl (C=O) groups excluding carboxylic acids is 1. The van der Waals surface area contributed by atoms with E-state index in [0.29, 0.717) is 6.42 Å². The van der Waals surface area contributed by atoms with Crippen LogP contribution in [0.4, 0.5) is 0 Å². The van der Waals surface area contributed by atoms with Crippen molar-refractivity contribution >= 4 is 21.9 Å². The molecule has 0 aliphatic rings. The van der Waals surface area contributed by atoms with E-state index < -0.39 is 27.9 Å². The van der Waals surface area contributed by atoms with Crippen LogP contribution in [-0.2, 0) is 14.8 Å². The third-order valence-corrected chi connectivity index (χ3v) is 5.03. The Labute approximate surface area is 136 Å². The zero-order valence-electron chi connectivity index (χ0n) is 13.6. The molecule has 1 amide bonds. The van der Waals surface area contributed by atoms with Gasteiger partial charge in [0.2, 0.25) is 10.0 Å². The molecule has 0 fully saturated rings. The monoisotopic (exact) mass is 342 g/mol. The van der Waals surface area contributed by atoms with Crippen LogP contribution in [-0.4, -0.2) is 49.8 Å². The van der Waals surface area contributed by atoms with Gasteiger partial charge in [0.25, 0.3) is 5.91 Å². The molecule has 0 radical (unpaired) electrons. The van der Waals surface area contributed by atoms with Gasteiger partial charge in [-0.1, -0.05) is 13.8 Å². The SMILES string of the molecule is CC(C)CC(NC(=O)c1ccc(S(=O)(=O)N(C)C)cc1)C(=O)O. The number of rotatable bonds is 7. The van der Waals surface area contributed by atoms with Gasteiger partial charge >= 0.3 is 5.97 Å². The number of sulfonamides is 1. The van der Waals surface area contributed by atoms with Crippen molar-refractivity contribution in [2.45, 2.75) is 31.2 Å². The molecule has 0 aliphatic heterocycles. The molecule has 0 aliphatic carbocycles. The maximum absolute atomic E-state index is 12.1. The summed E-state index contributed by atoms with van der Waals surface area (Å²) in [7, 11) is -0.732. The number of amides is 1. The Balaban J connectivity index is 2.91. The van der Waals surface area contributed by atoms with Crippen LogP contribution in [0.1, 0.15) is 30.6 Å². The van der Waals surface area contributed by atoms with Crippen LogP contribution in [0.2, 0.25) is 0 Å². The van der Waals surface area contributed by atoms with Gasteiger partial charge in [0.15, 0.2) is 0 Å². The van der Waals surface area contributed by atoms with Crippen molar-refractivity contribution in [1.82, 2.24) is 9.62 Å². The standard InChI is InChI=1S/C15H22N2O5S/c1-10(2)9-13(15(19)20)16-14(18)11-5-7-12(8-6-11)23(21,22)17(3)4/h5-8,10,13H,9H2,1-4H3,(H,16,18)(H,19,20). The van der Waals surface area contributed by atoms with E-state index in [9.17, 15) is 18.0 Å². The van der Waals surface area contributed by atoms with Crippen LogP contribution < -0.4 is 5.32 Å². The topological polar surface area (TPSA) is 104 Å². The van der Waals surface area contributed by atoms with Crippen LogP contribution in [0, 0.1) is 5.92 Å². The van der Waals surface area contributed by atoms with Crippen molar-refractivity contribution in [1.29, 1.82) is 0 Å². The maximum Gasteiger partial charge on any atom is 0.326 e. The molecule has 0 heterocycles. The van der Waals surface area contributed by atoms with Gasteiger partial charge in [-0.25, -0.2) is 17.5 Å². The molecule has 0 saturated carbocycles.